The number of esters is 2. The van der Waals surface area contributed by atoms with E-state index in [4.69, 9.17) is 22.9 Å². The van der Waals surface area contributed by atoms with Gasteiger partial charge in [-0.05, 0) is 76.3 Å². The Bertz CT molecular complexity index is 1380. The monoisotopic (exact) mass is 838 g/mol. The number of nitrogens with zero attached hydrogens (tertiary/aromatic N) is 1. The average Bonchev–Trinajstić information content (AvgIpc) is 3.43. The van der Waals surface area contributed by atoms with Gasteiger partial charge in [0, 0.05) is 25.7 Å². The first-order valence-electron chi connectivity index (χ1n) is 22.2. The quantitative estimate of drug-likeness (QED) is 0.0173. The maximum Gasteiger partial charge on any atom is 0.306 e. The number of rotatable bonds is 36. The van der Waals surface area contributed by atoms with E-state index in [1.165, 1.54) is 30.4 Å². The molecule has 12 heteroatoms. The van der Waals surface area contributed by atoms with Gasteiger partial charge < -0.3 is 37.4 Å². The molecule has 0 amide bonds. The Morgan fingerprint density at radius 2 is 1.34 bits per heavy atom. The Morgan fingerprint density at radius 1 is 0.759 bits per heavy atom. The second-order valence-corrected chi connectivity index (χ2v) is 17.9. The van der Waals surface area contributed by atoms with Gasteiger partial charge in [-0.25, -0.2) is 0 Å². The van der Waals surface area contributed by atoms with Crippen LogP contribution in [0.2, 0.25) is 0 Å². The minimum Gasteiger partial charge on any atom is -0.756 e. The third kappa shape index (κ3) is 28.8. The topological polar surface area (TPSA) is 145 Å². The van der Waals surface area contributed by atoms with E-state index in [2.05, 4.69) is 33.8 Å². The van der Waals surface area contributed by atoms with Gasteiger partial charge in [0.1, 0.15) is 31.3 Å². The molecule has 0 aliphatic rings. The standard InChI is InChI=1S/C46H80NO10P/c1-8-10-23-29-41(48)30-25-19-15-13-12-14-16-22-28-34-46(50)56-42(38-55-58(51,52)54-36-35-47(5,6)7)37-53-45(49)33-27-21-18-17-20-26-32-44-40(4)39(3)43(57-44)31-24-11-9-2/h10,15,19,23,25,30,41-42,48H,8-9,11-14,16-18,20-22,24,26-29,31-38H2,1-7H3/b19-15+,23-10+,30-25+/t41?,42-/m1/s1. The smallest absolute Gasteiger partial charge is 0.306 e. The summed E-state index contributed by atoms with van der Waals surface area (Å²) < 4.78 is 40.1. The summed E-state index contributed by atoms with van der Waals surface area (Å²) in [5, 5.41) is 9.89. The fourth-order valence-corrected chi connectivity index (χ4v) is 6.89. The average molecular weight is 838 g/mol. The molecule has 0 aliphatic heterocycles. The first-order valence-corrected chi connectivity index (χ1v) is 23.6. The number of aliphatic hydroxyl groups is 1. The number of hydrogen-bond donors (Lipinski definition) is 1. The fraction of sp³-hybridized carbons (Fsp3) is 0.739. The van der Waals surface area contributed by atoms with Gasteiger partial charge in [-0.1, -0.05) is 108 Å². The van der Waals surface area contributed by atoms with Crippen LogP contribution in [-0.4, -0.2) is 81.2 Å². The number of hydrogen-bond acceptors (Lipinski definition) is 10. The van der Waals surface area contributed by atoms with Crippen LogP contribution in [0.3, 0.4) is 0 Å². The molecule has 3 atom stereocenters. The van der Waals surface area contributed by atoms with E-state index in [9.17, 15) is 24.2 Å². The summed E-state index contributed by atoms with van der Waals surface area (Å²) in [6, 6.07) is 0. The highest BCUT2D eigenvalue weighted by molar-refractivity contribution is 7.45. The minimum absolute atomic E-state index is 0.0538. The molecule has 1 aromatic heterocycles. The third-order valence-corrected chi connectivity index (χ3v) is 10.9. The van der Waals surface area contributed by atoms with Crippen molar-refractivity contribution in [3.8, 4) is 0 Å². The molecule has 0 aliphatic carbocycles. The van der Waals surface area contributed by atoms with E-state index in [0.717, 1.165) is 95.0 Å². The van der Waals surface area contributed by atoms with Crippen molar-refractivity contribution in [3.05, 3.63) is 59.1 Å². The largest absolute Gasteiger partial charge is 0.756 e. The Hall–Kier alpha value is -2.53. The summed E-state index contributed by atoms with van der Waals surface area (Å²) in [7, 11) is 1.09. The molecule has 1 rings (SSSR count). The van der Waals surface area contributed by atoms with Crippen LogP contribution in [0.25, 0.3) is 0 Å². The van der Waals surface area contributed by atoms with Gasteiger partial charge in [0.2, 0.25) is 0 Å². The number of ether oxygens (including phenoxy) is 2. The van der Waals surface area contributed by atoms with E-state index in [-0.39, 0.29) is 26.1 Å². The van der Waals surface area contributed by atoms with E-state index in [1.807, 2.05) is 45.4 Å². The third-order valence-electron chi connectivity index (χ3n) is 9.96. The van der Waals surface area contributed by atoms with Gasteiger partial charge in [-0.3, -0.25) is 14.2 Å². The molecule has 0 bridgehead atoms. The number of furan rings is 1. The van der Waals surface area contributed by atoms with Gasteiger partial charge in [0.05, 0.1) is 33.9 Å². The van der Waals surface area contributed by atoms with Crippen molar-refractivity contribution in [3.63, 3.8) is 0 Å². The zero-order valence-electron chi connectivity index (χ0n) is 37.3. The summed E-state index contributed by atoms with van der Waals surface area (Å²) in [5.74, 6) is 1.35. The molecule has 1 heterocycles. The Labute approximate surface area is 351 Å². The lowest BCUT2D eigenvalue weighted by atomic mass is 10.0. The molecule has 11 nitrogen and oxygen atoms in total. The zero-order valence-corrected chi connectivity index (χ0v) is 38.2. The highest BCUT2D eigenvalue weighted by Gasteiger charge is 2.22. The van der Waals surface area contributed by atoms with Gasteiger partial charge in [0.25, 0.3) is 7.82 Å². The van der Waals surface area contributed by atoms with E-state index >= 15 is 0 Å². The number of aliphatic hydroxyl groups excluding tert-OH is 1. The van der Waals surface area contributed by atoms with Crippen LogP contribution in [0.15, 0.2) is 40.9 Å². The van der Waals surface area contributed by atoms with Crippen LogP contribution in [0, 0.1) is 13.8 Å². The molecule has 2 unspecified atom stereocenters. The van der Waals surface area contributed by atoms with Crippen molar-refractivity contribution in [2.45, 2.75) is 175 Å². The molecule has 1 aromatic rings. The summed E-state index contributed by atoms with van der Waals surface area (Å²) in [6.45, 7) is 8.20. The lowest BCUT2D eigenvalue weighted by molar-refractivity contribution is -0.870. The van der Waals surface area contributed by atoms with Crippen LogP contribution in [0.4, 0.5) is 0 Å². The predicted molar refractivity (Wildman–Crippen MR) is 231 cm³/mol. The highest BCUT2D eigenvalue weighted by atomic mass is 31.2. The molecular weight excluding hydrogens is 757 g/mol. The van der Waals surface area contributed by atoms with Crippen molar-refractivity contribution in [2.75, 3.05) is 47.5 Å². The van der Waals surface area contributed by atoms with Crippen molar-refractivity contribution >= 4 is 19.8 Å². The van der Waals surface area contributed by atoms with Crippen molar-refractivity contribution in [1.82, 2.24) is 0 Å². The van der Waals surface area contributed by atoms with E-state index in [1.54, 1.807) is 6.08 Å². The predicted octanol–water partition coefficient (Wildman–Crippen LogP) is 10.1. The number of phosphoric ester groups is 1. The number of allylic oxidation sites excluding steroid dienone is 4. The van der Waals surface area contributed by atoms with Gasteiger partial charge in [-0.2, -0.15) is 0 Å². The zero-order chi connectivity index (χ0) is 43.1. The number of unbranched alkanes of at least 4 members (excludes halogenated alkanes) is 12. The first-order chi connectivity index (χ1) is 27.7. The summed E-state index contributed by atoms with van der Waals surface area (Å²) >= 11 is 0. The van der Waals surface area contributed by atoms with Gasteiger partial charge >= 0.3 is 11.9 Å². The second-order valence-electron chi connectivity index (χ2n) is 16.5. The number of carbonyl (C=O) groups excluding carboxylic acids is 2. The molecular formula is C46H80NO10P. The molecule has 0 spiro atoms. The number of aryl methyl sites for hydroxylation is 2. The van der Waals surface area contributed by atoms with E-state index < -0.39 is 38.6 Å². The molecule has 0 radical (unpaired) electrons. The van der Waals surface area contributed by atoms with Crippen molar-refractivity contribution in [2.24, 2.45) is 0 Å². The van der Waals surface area contributed by atoms with Gasteiger partial charge in [-0.15, -0.1) is 0 Å². The van der Waals surface area contributed by atoms with Crippen LogP contribution in [0.1, 0.15) is 158 Å². The Balaban J connectivity index is 2.41. The number of phosphoric acid groups is 1. The van der Waals surface area contributed by atoms with Crippen LogP contribution in [0.5, 0.6) is 0 Å². The fourth-order valence-electron chi connectivity index (χ4n) is 6.16. The van der Waals surface area contributed by atoms with Crippen molar-refractivity contribution < 1.29 is 51.6 Å². The van der Waals surface area contributed by atoms with Crippen LogP contribution in [-0.2, 0) is 45.5 Å². The van der Waals surface area contributed by atoms with E-state index in [0.29, 0.717) is 30.3 Å². The molecule has 58 heavy (non-hydrogen) atoms. The molecule has 0 aromatic carbocycles. The molecule has 0 saturated carbocycles. The number of likely N-dealkylation sites (N-methyl/N-ethyl adjacent to an activating group) is 1. The summed E-state index contributed by atoms with van der Waals surface area (Å²) in [5.41, 5.74) is 2.59. The van der Waals surface area contributed by atoms with Crippen molar-refractivity contribution in [1.29, 1.82) is 0 Å². The molecule has 1 N–H and O–H groups in total. The lowest BCUT2D eigenvalue weighted by Crippen LogP contribution is -2.37. The maximum absolute atomic E-state index is 12.7. The maximum atomic E-state index is 12.7. The summed E-state index contributed by atoms with van der Waals surface area (Å²) in [4.78, 5) is 37.7. The Morgan fingerprint density at radius 3 is 1.97 bits per heavy atom. The normalized spacial score (nSPS) is 14.4. The van der Waals surface area contributed by atoms with Crippen LogP contribution < -0.4 is 4.89 Å². The minimum atomic E-state index is -4.66. The Kier molecular flexibility index (Phi) is 29.8. The molecule has 0 fully saturated rings. The van der Waals surface area contributed by atoms with Gasteiger partial charge in [0.15, 0.2) is 6.10 Å². The number of carbonyl (C=O) groups is 2. The van der Waals surface area contributed by atoms with Crippen LogP contribution >= 0.6 is 7.82 Å². The number of quaternary nitrogens is 1. The lowest BCUT2D eigenvalue weighted by Gasteiger charge is -2.28. The molecule has 334 valence electrons. The highest BCUT2D eigenvalue weighted by Crippen LogP contribution is 2.38. The SMILES string of the molecule is CC/C=C/CC(O)/C=C/C=C/CCCCCCCC(=O)O[C@H](COC(=O)CCCCCCCCc1oc(CCCCC)c(C)c1C)COP(=O)([O-])OCC[N+](C)(C)C. The molecule has 0 saturated heterocycles. The second kappa shape index (κ2) is 32.3. The summed E-state index contributed by atoms with van der Waals surface area (Å²) in [6.07, 6.45) is 29.1. The first kappa shape index (κ1) is 53.5.